The molecule has 4 heteroatoms. The molecule has 1 aromatic carbocycles. The third kappa shape index (κ3) is 5.15. The zero-order chi connectivity index (χ0) is 12.7. The topological polar surface area (TPSA) is 33.3 Å². The summed E-state index contributed by atoms with van der Waals surface area (Å²) in [4.78, 5) is 0. The summed E-state index contributed by atoms with van der Waals surface area (Å²) in [7, 11) is 1.67. The van der Waals surface area contributed by atoms with Gasteiger partial charge in [-0.25, -0.2) is 0 Å². The fourth-order valence-corrected chi connectivity index (χ4v) is 1.73. The Morgan fingerprint density at radius 3 is 2.59 bits per heavy atom. The Kier molecular flexibility index (Phi) is 5.94. The number of ether oxygens (including phenoxy) is 1. The molecule has 0 saturated heterocycles. The first-order chi connectivity index (χ1) is 8.13. The number of nitrogens with one attached hydrogen (secondary N) is 2. The lowest BCUT2D eigenvalue weighted by molar-refractivity contribution is 0.204. The molecular formula is C13H20N2OS. The molecule has 17 heavy (non-hydrogen) atoms. The monoisotopic (exact) mass is 252 g/mol. The third-order valence-electron chi connectivity index (χ3n) is 2.52. The molecule has 0 aliphatic rings. The van der Waals surface area contributed by atoms with Crippen LogP contribution in [0.2, 0.25) is 0 Å². The minimum atomic E-state index is 0.207. The standard InChI is InChI=1S/C13H20N2OS/c1-10-4-6-12(7-5-10)11(2)15-13(17)14-8-9-16-3/h4-7,11H,8-9H2,1-3H3,(H2,14,15,17). The van der Waals surface area contributed by atoms with Crippen molar-refractivity contribution in [3.63, 3.8) is 0 Å². The van der Waals surface area contributed by atoms with Gasteiger partial charge < -0.3 is 15.4 Å². The summed E-state index contributed by atoms with van der Waals surface area (Å²) in [5.74, 6) is 0. The molecule has 0 spiro atoms. The molecule has 0 saturated carbocycles. The number of thiocarbonyl (C=S) groups is 1. The highest BCUT2D eigenvalue weighted by molar-refractivity contribution is 7.80. The van der Waals surface area contributed by atoms with E-state index in [4.69, 9.17) is 17.0 Å². The average molecular weight is 252 g/mol. The second-order valence-corrected chi connectivity index (χ2v) is 4.43. The van der Waals surface area contributed by atoms with Crippen LogP contribution < -0.4 is 10.6 Å². The summed E-state index contributed by atoms with van der Waals surface area (Å²) in [6, 6.07) is 8.65. The largest absolute Gasteiger partial charge is 0.383 e. The Hall–Kier alpha value is -1.13. The Labute approximate surface area is 109 Å². The van der Waals surface area contributed by atoms with Crippen molar-refractivity contribution < 1.29 is 4.74 Å². The molecule has 1 unspecified atom stereocenters. The van der Waals surface area contributed by atoms with Gasteiger partial charge in [0.1, 0.15) is 0 Å². The van der Waals surface area contributed by atoms with Gasteiger partial charge in [0, 0.05) is 13.7 Å². The summed E-state index contributed by atoms with van der Waals surface area (Å²) < 4.78 is 4.95. The van der Waals surface area contributed by atoms with Crippen molar-refractivity contribution in [1.82, 2.24) is 10.6 Å². The third-order valence-corrected chi connectivity index (χ3v) is 2.78. The summed E-state index contributed by atoms with van der Waals surface area (Å²) in [5.41, 5.74) is 2.49. The van der Waals surface area contributed by atoms with Crippen molar-refractivity contribution in [1.29, 1.82) is 0 Å². The zero-order valence-corrected chi connectivity index (χ0v) is 11.4. The fraction of sp³-hybridized carbons (Fsp3) is 0.462. The number of rotatable bonds is 5. The van der Waals surface area contributed by atoms with Crippen LogP contribution in [0.5, 0.6) is 0 Å². The molecule has 1 aromatic rings. The number of methoxy groups -OCH3 is 1. The molecule has 1 atom stereocenters. The van der Waals surface area contributed by atoms with Crippen LogP contribution in [0.4, 0.5) is 0 Å². The van der Waals surface area contributed by atoms with Crippen LogP contribution in [0.3, 0.4) is 0 Å². The minimum absolute atomic E-state index is 0.207. The zero-order valence-electron chi connectivity index (χ0n) is 10.6. The lowest BCUT2D eigenvalue weighted by Gasteiger charge is -2.17. The second-order valence-electron chi connectivity index (χ2n) is 4.03. The van der Waals surface area contributed by atoms with Crippen LogP contribution in [-0.2, 0) is 4.74 Å². The molecule has 0 heterocycles. The highest BCUT2D eigenvalue weighted by Gasteiger charge is 2.05. The van der Waals surface area contributed by atoms with E-state index in [1.54, 1.807) is 7.11 Å². The SMILES string of the molecule is COCCNC(=S)NC(C)c1ccc(C)cc1. The number of hydrogen-bond acceptors (Lipinski definition) is 2. The van der Waals surface area contributed by atoms with Crippen LogP contribution in [-0.4, -0.2) is 25.4 Å². The predicted octanol–water partition coefficient (Wildman–Crippen LogP) is 2.17. The quantitative estimate of drug-likeness (QED) is 0.621. The van der Waals surface area contributed by atoms with Gasteiger partial charge in [-0.3, -0.25) is 0 Å². The van der Waals surface area contributed by atoms with Crippen molar-refractivity contribution >= 4 is 17.3 Å². The fourth-order valence-electron chi connectivity index (χ4n) is 1.45. The molecule has 2 N–H and O–H groups in total. The first kappa shape index (κ1) is 13.9. The molecule has 94 valence electrons. The number of benzene rings is 1. The maximum atomic E-state index is 5.19. The van der Waals surface area contributed by atoms with E-state index in [9.17, 15) is 0 Å². The van der Waals surface area contributed by atoms with Gasteiger partial charge in [-0.2, -0.15) is 0 Å². The molecule has 0 aromatic heterocycles. The lowest BCUT2D eigenvalue weighted by atomic mass is 10.1. The van der Waals surface area contributed by atoms with Gasteiger partial charge in [-0.1, -0.05) is 29.8 Å². The Morgan fingerprint density at radius 2 is 2.00 bits per heavy atom. The van der Waals surface area contributed by atoms with Crippen LogP contribution in [0, 0.1) is 6.92 Å². The maximum absolute atomic E-state index is 5.19. The van der Waals surface area contributed by atoms with Crippen molar-refractivity contribution in [3.05, 3.63) is 35.4 Å². The van der Waals surface area contributed by atoms with Crippen LogP contribution >= 0.6 is 12.2 Å². The van der Waals surface area contributed by atoms with Gasteiger partial charge in [-0.05, 0) is 31.6 Å². The van der Waals surface area contributed by atoms with E-state index >= 15 is 0 Å². The highest BCUT2D eigenvalue weighted by atomic mass is 32.1. The average Bonchev–Trinajstić information content (AvgIpc) is 2.30. The molecular weight excluding hydrogens is 232 g/mol. The molecule has 0 radical (unpaired) electrons. The summed E-state index contributed by atoms with van der Waals surface area (Å²) in [6.45, 7) is 5.55. The van der Waals surface area contributed by atoms with Crippen LogP contribution in [0.25, 0.3) is 0 Å². The Balaban J connectivity index is 2.40. The van der Waals surface area contributed by atoms with Gasteiger partial charge in [-0.15, -0.1) is 0 Å². The van der Waals surface area contributed by atoms with Gasteiger partial charge in [0.2, 0.25) is 0 Å². The first-order valence-electron chi connectivity index (χ1n) is 5.73. The minimum Gasteiger partial charge on any atom is -0.383 e. The van der Waals surface area contributed by atoms with Crippen LogP contribution in [0.15, 0.2) is 24.3 Å². The lowest BCUT2D eigenvalue weighted by Crippen LogP contribution is -2.38. The Bertz CT molecular complexity index is 351. The van der Waals surface area contributed by atoms with E-state index in [2.05, 4.69) is 48.7 Å². The van der Waals surface area contributed by atoms with Crippen molar-refractivity contribution in [3.8, 4) is 0 Å². The van der Waals surface area contributed by atoms with Gasteiger partial charge in [0.25, 0.3) is 0 Å². The van der Waals surface area contributed by atoms with Gasteiger partial charge >= 0.3 is 0 Å². The predicted molar refractivity (Wildman–Crippen MR) is 75.2 cm³/mol. The molecule has 0 aliphatic heterocycles. The van der Waals surface area contributed by atoms with Crippen molar-refractivity contribution in [2.24, 2.45) is 0 Å². The summed E-state index contributed by atoms with van der Waals surface area (Å²) in [5, 5.41) is 6.99. The Morgan fingerprint density at radius 1 is 1.35 bits per heavy atom. The second kappa shape index (κ2) is 7.25. The molecule has 0 amide bonds. The molecule has 0 bridgehead atoms. The van der Waals surface area contributed by atoms with Gasteiger partial charge in [0.15, 0.2) is 5.11 Å². The normalized spacial score (nSPS) is 11.9. The molecule has 0 aliphatic carbocycles. The maximum Gasteiger partial charge on any atom is 0.166 e. The number of aryl methyl sites for hydroxylation is 1. The molecule has 0 fully saturated rings. The number of hydrogen-bond donors (Lipinski definition) is 2. The van der Waals surface area contributed by atoms with Crippen molar-refractivity contribution in [2.45, 2.75) is 19.9 Å². The summed E-state index contributed by atoms with van der Waals surface area (Å²) >= 11 is 5.19. The van der Waals surface area contributed by atoms with E-state index in [0.29, 0.717) is 11.7 Å². The molecule has 1 rings (SSSR count). The van der Waals surface area contributed by atoms with E-state index in [-0.39, 0.29) is 6.04 Å². The van der Waals surface area contributed by atoms with Crippen LogP contribution in [0.1, 0.15) is 24.1 Å². The van der Waals surface area contributed by atoms with E-state index < -0.39 is 0 Å². The summed E-state index contributed by atoms with van der Waals surface area (Å²) in [6.07, 6.45) is 0. The van der Waals surface area contributed by atoms with E-state index in [0.717, 1.165) is 6.54 Å². The highest BCUT2D eigenvalue weighted by Crippen LogP contribution is 2.12. The van der Waals surface area contributed by atoms with Gasteiger partial charge in [0.05, 0.1) is 12.6 Å². The smallest absolute Gasteiger partial charge is 0.166 e. The molecule has 3 nitrogen and oxygen atoms in total. The first-order valence-corrected chi connectivity index (χ1v) is 6.14. The van der Waals surface area contributed by atoms with Crippen molar-refractivity contribution in [2.75, 3.05) is 20.3 Å². The van der Waals surface area contributed by atoms with E-state index in [1.165, 1.54) is 11.1 Å². The van der Waals surface area contributed by atoms with E-state index in [1.807, 2.05) is 0 Å².